The zero-order chi connectivity index (χ0) is 34.2. The Bertz CT molecular complexity index is 2190. The van der Waals surface area contributed by atoms with Crippen LogP contribution in [-0.4, -0.2) is 72.2 Å². The molecule has 0 saturated carbocycles. The number of anilines is 2. The number of carbonyl (C=O) groups excluding carboxylic acids is 2. The van der Waals surface area contributed by atoms with Gasteiger partial charge in [-0.15, -0.1) is 10.2 Å². The molecule has 1 N–H and O–H groups in total. The first-order valence-corrected chi connectivity index (χ1v) is 15.7. The number of carbonyl (C=O) groups is 3. The maximum Gasteiger partial charge on any atom is 0.432 e. The molecule has 1 aliphatic heterocycles. The average Bonchev–Trinajstić information content (AvgIpc) is 3.70. The Morgan fingerprint density at radius 1 is 0.918 bits per heavy atom. The number of carboxylic acid groups (broad SMARTS) is 1. The fourth-order valence-electron chi connectivity index (χ4n) is 6.37. The zero-order valence-electron chi connectivity index (χ0n) is 27.0. The number of nitrogens with zero attached hydrogens (tertiary/aromatic N) is 8. The van der Waals surface area contributed by atoms with Crippen molar-refractivity contribution >= 4 is 40.2 Å². The maximum atomic E-state index is 14.9. The van der Waals surface area contributed by atoms with Gasteiger partial charge >= 0.3 is 6.09 Å². The third-order valence-corrected chi connectivity index (χ3v) is 8.54. The van der Waals surface area contributed by atoms with Gasteiger partial charge in [0.1, 0.15) is 12.5 Å². The lowest BCUT2D eigenvalue weighted by Crippen LogP contribution is -2.47. The van der Waals surface area contributed by atoms with Gasteiger partial charge in [0.15, 0.2) is 11.6 Å². The first-order chi connectivity index (χ1) is 23.8. The van der Waals surface area contributed by atoms with Crippen LogP contribution in [0.1, 0.15) is 31.3 Å². The Morgan fingerprint density at radius 3 is 2.33 bits per heavy atom. The summed E-state index contributed by atoms with van der Waals surface area (Å²) in [6, 6.07) is 27.0. The number of pyridine rings is 1. The van der Waals surface area contributed by atoms with E-state index in [9.17, 15) is 19.5 Å². The molecular weight excluding hydrogens is 624 g/mol. The molecule has 0 radical (unpaired) electrons. The molecule has 4 heterocycles. The standard InChI is InChI=1S/C36H32N8O5/c1-22(2)42(24-17-18-31(49-3)37-20-24)32(45)21-41-29-15-9-10-16-30(29)43-33(23-11-5-4-6-12-23)38-39-34(43)26(35(41)46)19-27-25-13-7-8-14-28(25)44(40-27)36(47)48/h4-18,20,22,26H,19,21H2,1-3H3,(H,47,48). The molecule has 0 aliphatic carbocycles. The monoisotopic (exact) mass is 656 g/mol. The van der Waals surface area contributed by atoms with Crippen molar-refractivity contribution in [1.29, 1.82) is 0 Å². The zero-order valence-corrected chi connectivity index (χ0v) is 27.0. The second-order valence-corrected chi connectivity index (χ2v) is 11.8. The molecule has 7 rings (SSSR count). The van der Waals surface area contributed by atoms with Gasteiger partial charge in [0.25, 0.3) is 0 Å². The lowest BCUT2D eigenvalue weighted by atomic mass is 9.98. The van der Waals surface area contributed by atoms with Gasteiger partial charge in [-0.25, -0.2) is 9.78 Å². The predicted molar refractivity (Wildman–Crippen MR) is 182 cm³/mol. The van der Waals surface area contributed by atoms with Crippen LogP contribution in [0, 0.1) is 0 Å². The van der Waals surface area contributed by atoms with Crippen molar-refractivity contribution in [3.05, 3.63) is 109 Å². The summed E-state index contributed by atoms with van der Waals surface area (Å²) in [5.41, 5.74) is 3.26. The summed E-state index contributed by atoms with van der Waals surface area (Å²) in [5.74, 6) is -0.443. The van der Waals surface area contributed by atoms with Gasteiger partial charge in [-0.2, -0.15) is 9.78 Å². The molecule has 3 aromatic carbocycles. The molecule has 2 amide bonds. The Hall–Kier alpha value is -6.37. The minimum Gasteiger partial charge on any atom is -0.481 e. The van der Waals surface area contributed by atoms with E-state index in [1.165, 1.54) is 12.0 Å². The maximum absolute atomic E-state index is 14.9. The molecule has 246 valence electrons. The Morgan fingerprint density at radius 2 is 1.63 bits per heavy atom. The van der Waals surface area contributed by atoms with Crippen LogP contribution < -0.4 is 14.5 Å². The summed E-state index contributed by atoms with van der Waals surface area (Å²) >= 11 is 0. The number of hydrogen-bond acceptors (Lipinski definition) is 8. The summed E-state index contributed by atoms with van der Waals surface area (Å²) in [5, 5.41) is 24.1. The molecule has 0 saturated heterocycles. The van der Waals surface area contributed by atoms with Crippen LogP contribution in [0.15, 0.2) is 97.2 Å². The Kier molecular flexibility index (Phi) is 8.08. The van der Waals surface area contributed by atoms with E-state index in [0.717, 1.165) is 10.2 Å². The van der Waals surface area contributed by atoms with E-state index in [1.54, 1.807) is 53.6 Å². The molecule has 0 fully saturated rings. The van der Waals surface area contributed by atoms with E-state index >= 15 is 0 Å². The number of hydrogen-bond donors (Lipinski definition) is 1. The third-order valence-electron chi connectivity index (χ3n) is 8.54. The normalized spacial score (nSPS) is 14.0. The number of para-hydroxylation sites is 3. The number of ether oxygens (including phenoxy) is 1. The fraction of sp³-hybridized carbons (Fsp3) is 0.194. The van der Waals surface area contributed by atoms with Crippen molar-refractivity contribution in [3.8, 4) is 23.0 Å². The lowest BCUT2D eigenvalue weighted by molar-refractivity contribution is -0.123. The van der Waals surface area contributed by atoms with Crippen LogP contribution in [0.4, 0.5) is 16.2 Å². The lowest BCUT2D eigenvalue weighted by Gasteiger charge is -2.31. The predicted octanol–water partition coefficient (Wildman–Crippen LogP) is 5.33. The van der Waals surface area contributed by atoms with Gasteiger partial charge in [0.05, 0.1) is 41.6 Å². The highest BCUT2D eigenvalue weighted by Crippen LogP contribution is 2.39. The summed E-state index contributed by atoms with van der Waals surface area (Å²) in [7, 11) is 1.52. The van der Waals surface area contributed by atoms with E-state index in [-0.39, 0.29) is 24.9 Å². The van der Waals surface area contributed by atoms with Crippen LogP contribution in [0.25, 0.3) is 28.0 Å². The van der Waals surface area contributed by atoms with Crippen molar-refractivity contribution in [2.75, 3.05) is 23.5 Å². The number of benzene rings is 3. The van der Waals surface area contributed by atoms with Crippen LogP contribution in [0.3, 0.4) is 0 Å². The Balaban J connectivity index is 1.38. The largest absolute Gasteiger partial charge is 0.481 e. The second-order valence-electron chi connectivity index (χ2n) is 11.8. The number of aromatic nitrogens is 6. The number of methoxy groups -OCH3 is 1. The van der Waals surface area contributed by atoms with Crippen LogP contribution in [0.2, 0.25) is 0 Å². The SMILES string of the molecule is COc1ccc(N(C(=O)CN2C(=O)C(Cc3nn(C(=O)O)c4ccccc34)c3nnc(-c4ccccc4)n3-c3ccccc32)C(C)C)cn1. The summed E-state index contributed by atoms with van der Waals surface area (Å²) in [6.07, 6.45) is 0.321. The van der Waals surface area contributed by atoms with Crippen molar-refractivity contribution in [3.63, 3.8) is 0 Å². The second kappa shape index (κ2) is 12.7. The molecular formula is C36H32N8O5. The Labute approximate surface area is 281 Å². The van der Waals surface area contributed by atoms with Gasteiger partial charge in [-0.05, 0) is 38.1 Å². The number of amides is 2. The first-order valence-electron chi connectivity index (χ1n) is 15.7. The van der Waals surface area contributed by atoms with Crippen LogP contribution >= 0.6 is 0 Å². The molecule has 0 bridgehead atoms. The highest BCUT2D eigenvalue weighted by atomic mass is 16.5. The average molecular weight is 657 g/mol. The smallest absolute Gasteiger partial charge is 0.432 e. The summed E-state index contributed by atoms with van der Waals surface area (Å²) in [4.78, 5) is 48.7. The molecule has 13 heteroatoms. The highest BCUT2D eigenvalue weighted by molar-refractivity contribution is 6.08. The van der Waals surface area contributed by atoms with E-state index < -0.39 is 17.9 Å². The van der Waals surface area contributed by atoms with Crippen molar-refractivity contribution in [1.82, 2.24) is 29.5 Å². The van der Waals surface area contributed by atoms with E-state index in [1.807, 2.05) is 66.9 Å². The minimum absolute atomic E-state index is 0.00151. The van der Waals surface area contributed by atoms with E-state index in [2.05, 4.69) is 20.3 Å². The van der Waals surface area contributed by atoms with E-state index in [4.69, 9.17) is 4.74 Å². The molecule has 0 spiro atoms. The first kappa shape index (κ1) is 31.2. The van der Waals surface area contributed by atoms with Gasteiger partial charge in [-0.1, -0.05) is 60.7 Å². The molecule has 6 aromatic rings. The molecule has 1 atom stereocenters. The van der Waals surface area contributed by atoms with E-state index in [0.29, 0.717) is 51.2 Å². The molecule has 1 unspecified atom stereocenters. The third kappa shape index (κ3) is 5.54. The number of fused-ring (bicyclic) bond motifs is 4. The topological polar surface area (TPSA) is 149 Å². The number of rotatable bonds is 8. The van der Waals surface area contributed by atoms with Crippen molar-refractivity contribution in [2.24, 2.45) is 0 Å². The fourth-order valence-corrected chi connectivity index (χ4v) is 6.37. The minimum atomic E-state index is -1.24. The highest BCUT2D eigenvalue weighted by Gasteiger charge is 2.40. The molecule has 13 nitrogen and oxygen atoms in total. The molecule has 3 aromatic heterocycles. The molecule has 1 aliphatic rings. The molecule has 49 heavy (non-hydrogen) atoms. The van der Waals surface area contributed by atoms with Crippen LogP contribution in [0.5, 0.6) is 5.88 Å². The van der Waals surface area contributed by atoms with Gasteiger partial charge in [0, 0.05) is 29.5 Å². The van der Waals surface area contributed by atoms with Gasteiger partial charge in [-0.3, -0.25) is 14.2 Å². The van der Waals surface area contributed by atoms with Crippen LogP contribution in [-0.2, 0) is 16.0 Å². The van der Waals surface area contributed by atoms with Crippen molar-refractivity contribution < 1.29 is 24.2 Å². The quantitative estimate of drug-likeness (QED) is 0.230. The van der Waals surface area contributed by atoms with Crippen molar-refractivity contribution in [2.45, 2.75) is 32.2 Å². The summed E-state index contributed by atoms with van der Waals surface area (Å²) < 4.78 is 7.96. The van der Waals surface area contributed by atoms with Gasteiger partial charge < -0.3 is 19.6 Å². The summed E-state index contributed by atoms with van der Waals surface area (Å²) in [6.45, 7) is 3.49. The van der Waals surface area contributed by atoms with Gasteiger partial charge in [0.2, 0.25) is 17.7 Å².